The minimum Gasteiger partial charge on any atom is -0.278 e. The molecule has 20 heavy (non-hydrogen) atoms. The van der Waals surface area contributed by atoms with Crippen LogP contribution in [0.5, 0.6) is 0 Å². The number of sulfonamides is 1. The number of hydrogen-bond donors (Lipinski definition) is 1. The van der Waals surface area contributed by atoms with Gasteiger partial charge in [0, 0.05) is 0 Å². The SMILES string of the molecule is Cc1ccc(S(=O)(=O)Nc2ccc(F)cc2C#N)cc1. The molecular formula is C14H11FN2O2S. The Labute approximate surface area is 116 Å². The summed E-state index contributed by atoms with van der Waals surface area (Å²) < 4.78 is 39.6. The first-order valence-electron chi connectivity index (χ1n) is 5.71. The van der Waals surface area contributed by atoms with Crippen LogP contribution in [0.15, 0.2) is 47.4 Å². The van der Waals surface area contributed by atoms with Crippen LogP contribution >= 0.6 is 0 Å². The Morgan fingerprint density at radius 3 is 2.40 bits per heavy atom. The first-order chi connectivity index (χ1) is 9.42. The molecule has 0 spiro atoms. The molecule has 0 amide bonds. The van der Waals surface area contributed by atoms with Gasteiger partial charge in [-0.25, -0.2) is 12.8 Å². The topological polar surface area (TPSA) is 70.0 Å². The molecule has 0 fully saturated rings. The lowest BCUT2D eigenvalue weighted by Crippen LogP contribution is -2.13. The third-order valence-corrected chi connectivity index (χ3v) is 4.06. The number of aryl methyl sites for hydroxylation is 1. The van der Waals surface area contributed by atoms with Crippen LogP contribution in [0.4, 0.5) is 10.1 Å². The van der Waals surface area contributed by atoms with Crippen molar-refractivity contribution in [3.05, 3.63) is 59.4 Å². The van der Waals surface area contributed by atoms with Gasteiger partial charge in [-0.2, -0.15) is 5.26 Å². The molecule has 0 aliphatic rings. The maximum Gasteiger partial charge on any atom is 0.261 e. The normalized spacial score (nSPS) is 10.8. The van der Waals surface area contributed by atoms with Crippen molar-refractivity contribution in [2.45, 2.75) is 11.8 Å². The zero-order chi connectivity index (χ0) is 14.8. The van der Waals surface area contributed by atoms with E-state index in [2.05, 4.69) is 4.72 Å². The molecule has 6 heteroatoms. The summed E-state index contributed by atoms with van der Waals surface area (Å²) in [6, 6.07) is 11.3. The summed E-state index contributed by atoms with van der Waals surface area (Å²) in [6.45, 7) is 1.84. The van der Waals surface area contributed by atoms with Crippen LogP contribution in [0.3, 0.4) is 0 Å². The molecular weight excluding hydrogens is 279 g/mol. The average molecular weight is 290 g/mol. The lowest BCUT2D eigenvalue weighted by atomic mass is 10.2. The van der Waals surface area contributed by atoms with E-state index in [-0.39, 0.29) is 16.1 Å². The molecule has 0 saturated carbocycles. The van der Waals surface area contributed by atoms with Crippen molar-refractivity contribution < 1.29 is 12.8 Å². The van der Waals surface area contributed by atoms with Gasteiger partial charge in [0.2, 0.25) is 0 Å². The van der Waals surface area contributed by atoms with Crippen LogP contribution in [-0.4, -0.2) is 8.42 Å². The van der Waals surface area contributed by atoms with E-state index in [0.717, 1.165) is 17.7 Å². The molecule has 0 aliphatic carbocycles. The molecule has 2 aromatic carbocycles. The Bertz CT molecular complexity index is 778. The molecule has 1 N–H and O–H groups in total. The number of nitrogens with zero attached hydrogens (tertiary/aromatic N) is 1. The zero-order valence-electron chi connectivity index (χ0n) is 10.6. The number of anilines is 1. The second kappa shape index (κ2) is 5.31. The van der Waals surface area contributed by atoms with E-state index in [9.17, 15) is 12.8 Å². The van der Waals surface area contributed by atoms with Crippen molar-refractivity contribution >= 4 is 15.7 Å². The summed E-state index contributed by atoms with van der Waals surface area (Å²) in [7, 11) is -3.80. The van der Waals surface area contributed by atoms with Gasteiger partial charge in [0.05, 0.1) is 16.1 Å². The molecule has 0 aliphatic heterocycles. The first-order valence-corrected chi connectivity index (χ1v) is 7.20. The first kappa shape index (κ1) is 14.0. The molecule has 0 atom stereocenters. The van der Waals surface area contributed by atoms with E-state index in [0.29, 0.717) is 0 Å². The second-order valence-electron chi connectivity index (χ2n) is 4.22. The number of rotatable bonds is 3. The van der Waals surface area contributed by atoms with E-state index in [4.69, 9.17) is 5.26 Å². The van der Waals surface area contributed by atoms with Crippen molar-refractivity contribution in [1.82, 2.24) is 0 Å². The Kier molecular flexibility index (Phi) is 3.72. The average Bonchev–Trinajstić information content (AvgIpc) is 2.41. The second-order valence-corrected chi connectivity index (χ2v) is 5.90. The standard InChI is InChI=1S/C14H11FN2O2S/c1-10-2-5-13(6-3-10)20(18,19)17-14-7-4-12(15)8-11(14)9-16/h2-8,17H,1H3. The molecule has 0 heterocycles. The highest BCUT2D eigenvalue weighted by Gasteiger charge is 2.16. The molecule has 4 nitrogen and oxygen atoms in total. The van der Waals surface area contributed by atoms with E-state index < -0.39 is 15.8 Å². The summed E-state index contributed by atoms with van der Waals surface area (Å²) in [6.07, 6.45) is 0. The van der Waals surface area contributed by atoms with Crippen molar-refractivity contribution in [1.29, 1.82) is 5.26 Å². The van der Waals surface area contributed by atoms with Crippen LogP contribution < -0.4 is 4.72 Å². The quantitative estimate of drug-likeness (QED) is 0.945. The van der Waals surface area contributed by atoms with Crippen LogP contribution in [-0.2, 0) is 10.0 Å². The minimum atomic E-state index is -3.80. The molecule has 2 rings (SSSR count). The summed E-state index contributed by atoms with van der Waals surface area (Å²) in [5, 5.41) is 8.90. The van der Waals surface area contributed by atoms with Crippen LogP contribution in [0.2, 0.25) is 0 Å². The minimum absolute atomic E-state index is 0.0504. The maximum absolute atomic E-state index is 13.0. The van der Waals surface area contributed by atoms with E-state index in [1.165, 1.54) is 18.2 Å². The van der Waals surface area contributed by atoms with Gasteiger partial charge in [0.25, 0.3) is 10.0 Å². The number of benzene rings is 2. The molecule has 0 saturated heterocycles. The third-order valence-electron chi connectivity index (χ3n) is 2.68. The fourth-order valence-electron chi connectivity index (χ4n) is 1.62. The Hall–Kier alpha value is -2.39. The number of hydrogen-bond acceptors (Lipinski definition) is 3. The smallest absolute Gasteiger partial charge is 0.261 e. The molecule has 0 aromatic heterocycles. The molecule has 0 bridgehead atoms. The van der Waals surface area contributed by atoms with E-state index in [1.54, 1.807) is 18.2 Å². The van der Waals surface area contributed by atoms with Crippen molar-refractivity contribution in [2.24, 2.45) is 0 Å². The van der Waals surface area contributed by atoms with Gasteiger partial charge in [0.1, 0.15) is 11.9 Å². The van der Waals surface area contributed by atoms with Gasteiger partial charge < -0.3 is 0 Å². The largest absolute Gasteiger partial charge is 0.278 e. The van der Waals surface area contributed by atoms with E-state index >= 15 is 0 Å². The highest BCUT2D eigenvalue weighted by Crippen LogP contribution is 2.20. The Morgan fingerprint density at radius 2 is 1.80 bits per heavy atom. The van der Waals surface area contributed by atoms with Gasteiger partial charge >= 0.3 is 0 Å². The lowest BCUT2D eigenvalue weighted by molar-refractivity contribution is 0.601. The van der Waals surface area contributed by atoms with Crippen molar-refractivity contribution in [2.75, 3.05) is 4.72 Å². The molecule has 2 aromatic rings. The van der Waals surface area contributed by atoms with Gasteiger partial charge in [-0.15, -0.1) is 0 Å². The predicted octanol–water partition coefficient (Wildman–Crippen LogP) is 2.81. The summed E-state index contributed by atoms with van der Waals surface area (Å²) in [5.41, 5.74) is 0.915. The van der Waals surface area contributed by atoms with Crippen LogP contribution in [0.1, 0.15) is 11.1 Å². The van der Waals surface area contributed by atoms with E-state index in [1.807, 2.05) is 6.92 Å². The fraction of sp³-hybridized carbons (Fsp3) is 0.0714. The third kappa shape index (κ3) is 2.95. The number of nitriles is 1. The summed E-state index contributed by atoms with van der Waals surface area (Å²) in [4.78, 5) is 0.0799. The lowest BCUT2D eigenvalue weighted by Gasteiger charge is -2.09. The number of halogens is 1. The number of nitrogens with one attached hydrogen (secondary N) is 1. The molecule has 0 unspecified atom stereocenters. The highest BCUT2D eigenvalue weighted by atomic mass is 32.2. The highest BCUT2D eigenvalue weighted by molar-refractivity contribution is 7.92. The molecule has 102 valence electrons. The Morgan fingerprint density at radius 1 is 1.15 bits per heavy atom. The van der Waals surface area contributed by atoms with Crippen molar-refractivity contribution in [3.63, 3.8) is 0 Å². The fourth-order valence-corrected chi connectivity index (χ4v) is 2.70. The van der Waals surface area contributed by atoms with Gasteiger partial charge in [0.15, 0.2) is 0 Å². The van der Waals surface area contributed by atoms with Crippen LogP contribution in [0.25, 0.3) is 0 Å². The van der Waals surface area contributed by atoms with Crippen molar-refractivity contribution in [3.8, 4) is 6.07 Å². The summed E-state index contributed by atoms with van der Waals surface area (Å²) >= 11 is 0. The monoisotopic (exact) mass is 290 g/mol. The molecule has 0 radical (unpaired) electrons. The van der Waals surface area contributed by atoms with Gasteiger partial charge in [-0.05, 0) is 37.3 Å². The zero-order valence-corrected chi connectivity index (χ0v) is 11.4. The van der Waals surface area contributed by atoms with Crippen LogP contribution in [0, 0.1) is 24.1 Å². The van der Waals surface area contributed by atoms with Gasteiger partial charge in [-0.1, -0.05) is 17.7 Å². The Balaban J connectivity index is 2.39. The maximum atomic E-state index is 13.0. The predicted molar refractivity (Wildman–Crippen MR) is 73.1 cm³/mol. The van der Waals surface area contributed by atoms with Gasteiger partial charge in [-0.3, -0.25) is 4.72 Å². The summed E-state index contributed by atoms with van der Waals surface area (Å²) in [5.74, 6) is -0.597.